The molecule has 1 aromatic rings. The lowest BCUT2D eigenvalue weighted by Crippen LogP contribution is -2.33. The molecule has 0 radical (unpaired) electrons. The zero-order chi connectivity index (χ0) is 13.0. The van der Waals surface area contributed by atoms with Crippen LogP contribution in [0.2, 0.25) is 5.02 Å². The molecule has 4 heteroatoms. The van der Waals surface area contributed by atoms with Crippen LogP contribution in [0.15, 0.2) is 24.3 Å². The Morgan fingerprint density at radius 1 is 1.29 bits per heavy atom. The van der Waals surface area contributed by atoms with E-state index in [9.17, 15) is 4.79 Å². The monoisotopic (exact) mass is 255 g/mol. The summed E-state index contributed by atoms with van der Waals surface area (Å²) in [6, 6.07) is 7.36. The molecule has 0 saturated heterocycles. The van der Waals surface area contributed by atoms with Crippen molar-refractivity contribution < 1.29 is 9.63 Å². The van der Waals surface area contributed by atoms with Gasteiger partial charge in [-0.1, -0.05) is 37.6 Å². The van der Waals surface area contributed by atoms with E-state index in [0.29, 0.717) is 5.02 Å². The van der Waals surface area contributed by atoms with Crippen LogP contribution in [-0.2, 0) is 9.63 Å². The third kappa shape index (κ3) is 3.45. The fourth-order valence-corrected chi connectivity index (χ4v) is 1.89. The highest BCUT2D eigenvalue weighted by atomic mass is 35.5. The minimum absolute atomic E-state index is 0.0511. The number of carbonyl (C=O) groups excluding carboxylic acids is 1. The summed E-state index contributed by atoms with van der Waals surface area (Å²) in [6.07, 6.45) is 0. The molecule has 1 aromatic carbocycles. The van der Waals surface area contributed by atoms with Crippen molar-refractivity contribution >= 4 is 17.5 Å². The Labute approximate surface area is 107 Å². The third-order valence-electron chi connectivity index (χ3n) is 2.75. The standard InChI is InChI=1S/C13H18ClNO2/c1-9(2)12(13(16)15(3)17-4)10-5-7-11(14)8-6-10/h5-9,12H,1-4H3. The first kappa shape index (κ1) is 14.0. The van der Waals surface area contributed by atoms with E-state index in [2.05, 4.69) is 0 Å². The Balaban J connectivity index is 3.01. The van der Waals surface area contributed by atoms with Gasteiger partial charge < -0.3 is 0 Å². The van der Waals surface area contributed by atoms with Crippen molar-refractivity contribution in [3.8, 4) is 0 Å². The Hall–Kier alpha value is -1.06. The second-order valence-electron chi connectivity index (χ2n) is 4.29. The molecule has 1 unspecified atom stereocenters. The van der Waals surface area contributed by atoms with E-state index in [1.165, 1.54) is 12.2 Å². The van der Waals surface area contributed by atoms with Crippen molar-refractivity contribution in [2.45, 2.75) is 19.8 Å². The fourth-order valence-electron chi connectivity index (χ4n) is 1.77. The number of benzene rings is 1. The maximum Gasteiger partial charge on any atom is 0.253 e. The summed E-state index contributed by atoms with van der Waals surface area (Å²) in [5.41, 5.74) is 0.957. The molecule has 0 aliphatic heterocycles. The van der Waals surface area contributed by atoms with E-state index in [4.69, 9.17) is 16.4 Å². The second kappa shape index (κ2) is 6.03. The number of hydroxylamine groups is 2. The first-order valence-electron chi connectivity index (χ1n) is 5.54. The van der Waals surface area contributed by atoms with Crippen molar-refractivity contribution in [1.82, 2.24) is 5.06 Å². The lowest BCUT2D eigenvalue weighted by molar-refractivity contribution is -0.171. The van der Waals surface area contributed by atoms with E-state index in [1.807, 2.05) is 26.0 Å². The van der Waals surface area contributed by atoms with Gasteiger partial charge in [0.2, 0.25) is 0 Å². The van der Waals surface area contributed by atoms with Gasteiger partial charge in [0.25, 0.3) is 5.91 Å². The van der Waals surface area contributed by atoms with Gasteiger partial charge in [-0.05, 0) is 23.6 Å². The number of hydrogen-bond acceptors (Lipinski definition) is 2. The molecule has 0 aliphatic carbocycles. The van der Waals surface area contributed by atoms with E-state index in [1.54, 1.807) is 19.2 Å². The Bertz CT molecular complexity index is 376. The Morgan fingerprint density at radius 3 is 2.24 bits per heavy atom. The third-order valence-corrected chi connectivity index (χ3v) is 3.00. The number of rotatable bonds is 4. The molecule has 0 heterocycles. The van der Waals surface area contributed by atoms with E-state index < -0.39 is 0 Å². The van der Waals surface area contributed by atoms with Crippen molar-refractivity contribution in [2.24, 2.45) is 5.92 Å². The Morgan fingerprint density at radius 2 is 1.82 bits per heavy atom. The highest BCUT2D eigenvalue weighted by Crippen LogP contribution is 2.27. The molecular formula is C13H18ClNO2. The predicted octanol–water partition coefficient (Wildman–Crippen LogP) is 3.10. The minimum Gasteiger partial charge on any atom is -0.275 e. The number of likely N-dealkylation sites (N-methyl/N-ethyl adjacent to an activating group) is 1. The number of amides is 1. The normalized spacial score (nSPS) is 12.6. The predicted molar refractivity (Wildman–Crippen MR) is 68.8 cm³/mol. The van der Waals surface area contributed by atoms with Crippen LogP contribution < -0.4 is 0 Å². The molecule has 17 heavy (non-hydrogen) atoms. The van der Waals surface area contributed by atoms with Crippen LogP contribution in [0.3, 0.4) is 0 Å². The highest BCUT2D eigenvalue weighted by molar-refractivity contribution is 6.30. The minimum atomic E-state index is -0.211. The number of carbonyl (C=O) groups is 1. The smallest absolute Gasteiger partial charge is 0.253 e. The maximum absolute atomic E-state index is 12.2. The molecule has 0 N–H and O–H groups in total. The van der Waals surface area contributed by atoms with Gasteiger partial charge in [0.15, 0.2) is 0 Å². The molecule has 0 aliphatic rings. The van der Waals surface area contributed by atoms with Gasteiger partial charge >= 0.3 is 0 Å². The summed E-state index contributed by atoms with van der Waals surface area (Å²) >= 11 is 5.85. The van der Waals surface area contributed by atoms with E-state index in [0.717, 1.165) is 5.56 Å². The number of nitrogens with zero attached hydrogens (tertiary/aromatic N) is 1. The number of halogens is 1. The summed E-state index contributed by atoms with van der Waals surface area (Å²) < 4.78 is 0. The summed E-state index contributed by atoms with van der Waals surface area (Å²) in [7, 11) is 3.10. The molecule has 0 aromatic heterocycles. The van der Waals surface area contributed by atoms with Gasteiger partial charge in [0, 0.05) is 12.1 Å². The molecule has 0 spiro atoms. The average Bonchev–Trinajstić information content (AvgIpc) is 2.30. The molecule has 0 saturated carbocycles. The second-order valence-corrected chi connectivity index (χ2v) is 4.73. The SMILES string of the molecule is CON(C)C(=O)C(c1ccc(Cl)cc1)C(C)C. The van der Waals surface area contributed by atoms with Crippen molar-refractivity contribution in [1.29, 1.82) is 0 Å². The van der Waals surface area contributed by atoms with Crippen LogP contribution in [0.4, 0.5) is 0 Å². The molecule has 1 rings (SSSR count). The maximum atomic E-state index is 12.2. The van der Waals surface area contributed by atoms with Gasteiger partial charge in [-0.15, -0.1) is 0 Å². The van der Waals surface area contributed by atoms with Gasteiger partial charge in [-0.2, -0.15) is 0 Å². The molecular weight excluding hydrogens is 238 g/mol. The first-order valence-corrected chi connectivity index (χ1v) is 5.92. The lowest BCUT2D eigenvalue weighted by atomic mass is 9.87. The first-order chi connectivity index (χ1) is 7.97. The molecule has 0 fully saturated rings. The van der Waals surface area contributed by atoms with Gasteiger partial charge in [0.1, 0.15) is 0 Å². The average molecular weight is 256 g/mol. The molecule has 1 atom stereocenters. The summed E-state index contributed by atoms with van der Waals surface area (Å²) in [4.78, 5) is 17.1. The zero-order valence-corrected chi connectivity index (χ0v) is 11.4. The van der Waals surface area contributed by atoms with Gasteiger partial charge in [-0.25, -0.2) is 5.06 Å². The van der Waals surface area contributed by atoms with Gasteiger partial charge in [-0.3, -0.25) is 9.63 Å². The van der Waals surface area contributed by atoms with Crippen molar-refractivity contribution in [3.05, 3.63) is 34.9 Å². The molecule has 1 amide bonds. The van der Waals surface area contributed by atoms with Crippen molar-refractivity contribution in [3.63, 3.8) is 0 Å². The van der Waals surface area contributed by atoms with Crippen LogP contribution >= 0.6 is 11.6 Å². The summed E-state index contributed by atoms with van der Waals surface area (Å²) in [5, 5.41) is 1.93. The Kier molecular flexibility index (Phi) is 4.97. The fraction of sp³-hybridized carbons (Fsp3) is 0.462. The lowest BCUT2D eigenvalue weighted by Gasteiger charge is -2.24. The van der Waals surface area contributed by atoms with Gasteiger partial charge in [0.05, 0.1) is 13.0 Å². The van der Waals surface area contributed by atoms with Crippen LogP contribution in [0, 0.1) is 5.92 Å². The summed E-state index contributed by atoms with van der Waals surface area (Å²) in [6.45, 7) is 4.03. The summed E-state index contributed by atoms with van der Waals surface area (Å²) in [5.74, 6) is -0.0664. The molecule has 94 valence electrons. The largest absolute Gasteiger partial charge is 0.275 e. The quantitative estimate of drug-likeness (QED) is 0.774. The van der Waals surface area contributed by atoms with E-state index >= 15 is 0 Å². The zero-order valence-electron chi connectivity index (χ0n) is 10.6. The number of hydrogen-bond donors (Lipinski definition) is 0. The molecule has 0 bridgehead atoms. The highest BCUT2D eigenvalue weighted by Gasteiger charge is 2.27. The van der Waals surface area contributed by atoms with Crippen LogP contribution in [0.1, 0.15) is 25.3 Å². The van der Waals surface area contributed by atoms with Crippen LogP contribution in [0.25, 0.3) is 0 Å². The van der Waals surface area contributed by atoms with Crippen molar-refractivity contribution in [2.75, 3.05) is 14.2 Å². The molecule has 3 nitrogen and oxygen atoms in total. The van der Waals surface area contributed by atoms with Crippen LogP contribution in [0.5, 0.6) is 0 Å². The van der Waals surface area contributed by atoms with Crippen LogP contribution in [-0.4, -0.2) is 25.1 Å². The topological polar surface area (TPSA) is 29.5 Å². The van der Waals surface area contributed by atoms with E-state index in [-0.39, 0.29) is 17.7 Å².